The van der Waals surface area contributed by atoms with Crippen molar-refractivity contribution in [2.24, 2.45) is 5.11 Å². The highest BCUT2D eigenvalue weighted by Crippen LogP contribution is 2.32. The van der Waals surface area contributed by atoms with E-state index in [1.165, 1.54) is 0 Å². The van der Waals surface area contributed by atoms with Crippen molar-refractivity contribution in [1.29, 1.82) is 0 Å². The quantitative estimate of drug-likeness (QED) is 0.223. The van der Waals surface area contributed by atoms with Gasteiger partial charge in [0.25, 0.3) is 0 Å². The van der Waals surface area contributed by atoms with Crippen LogP contribution in [0.25, 0.3) is 10.4 Å². The predicted octanol–water partition coefficient (Wildman–Crippen LogP) is 0.908. The average molecular weight is 407 g/mol. The number of hydrogen-bond acceptors (Lipinski definition) is 7. The van der Waals surface area contributed by atoms with E-state index in [0.29, 0.717) is 25.1 Å². The van der Waals surface area contributed by atoms with E-state index in [1.54, 1.807) is 12.1 Å². The Morgan fingerprint density at radius 2 is 2.11 bits per heavy atom. The molecule has 1 N–H and O–H groups in total. The lowest BCUT2D eigenvalue weighted by Crippen LogP contribution is -2.50. The first kappa shape index (κ1) is 20.3. The second-order valence-electron chi connectivity index (χ2n) is 6.65. The van der Waals surface area contributed by atoms with Gasteiger partial charge in [-0.2, -0.15) is 0 Å². The van der Waals surface area contributed by atoms with E-state index in [1.807, 2.05) is 11.0 Å². The van der Waals surface area contributed by atoms with Crippen molar-refractivity contribution in [3.8, 4) is 0 Å². The number of rotatable bonds is 8. The van der Waals surface area contributed by atoms with E-state index in [2.05, 4.69) is 15.3 Å². The number of carbonyl (C=O) groups is 2. The molecule has 0 aromatic heterocycles. The molecule has 1 fully saturated rings. The molecule has 0 spiro atoms. The fourth-order valence-electron chi connectivity index (χ4n) is 3.49. The predicted molar refractivity (Wildman–Crippen MR) is 98.7 cm³/mol. The van der Waals surface area contributed by atoms with Crippen LogP contribution in [0.3, 0.4) is 0 Å². The summed E-state index contributed by atoms with van der Waals surface area (Å²) >= 11 is 0. The first-order valence-electron chi connectivity index (χ1n) is 8.92. The summed E-state index contributed by atoms with van der Waals surface area (Å²) in [6.07, 6.45) is 0.710. The number of nitrogens with zero attached hydrogens (tertiary/aromatic N) is 4. The lowest BCUT2D eigenvalue weighted by Gasteiger charge is -2.29. The molecular formula is C17H21N5O5S. The van der Waals surface area contributed by atoms with Gasteiger partial charge in [0, 0.05) is 31.0 Å². The average Bonchev–Trinajstić information content (AvgIpc) is 3.08. The zero-order valence-electron chi connectivity index (χ0n) is 15.2. The zero-order valence-corrected chi connectivity index (χ0v) is 16.0. The normalized spacial score (nSPS) is 19.8. The highest BCUT2D eigenvalue weighted by atomic mass is 32.2. The number of piperidine rings is 1. The van der Waals surface area contributed by atoms with Crippen molar-refractivity contribution < 1.29 is 22.7 Å². The Labute approximate surface area is 162 Å². The Kier molecular flexibility index (Phi) is 6.30. The highest BCUT2D eigenvalue weighted by Gasteiger charge is 2.36. The zero-order chi connectivity index (χ0) is 20.1. The van der Waals surface area contributed by atoms with Gasteiger partial charge in [-0.1, -0.05) is 17.2 Å². The highest BCUT2D eigenvalue weighted by molar-refractivity contribution is 7.91. The van der Waals surface area contributed by atoms with E-state index in [0.717, 1.165) is 5.56 Å². The fraction of sp³-hybridized carbons (Fsp3) is 0.529. The number of benzene rings is 1. The third-order valence-corrected chi connectivity index (χ3v) is 6.60. The maximum absolute atomic E-state index is 12.8. The molecule has 0 radical (unpaired) electrons. The third kappa shape index (κ3) is 4.50. The molecule has 0 saturated carbocycles. The smallest absolute Gasteiger partial charge is 0.243 e. The lowest BCUT2D eigenvalue weighted by molar-refractivity contribution is -0.137. The van der Waals surface area contributed by atoms with Gasteiger partial charge in [-0.25, -0.2) is 8.42 Å². The summed E-state index contributed by atoms with van der Waals surface area (Å²) in [5.74, 6) is -0.790. The molecule has 150 valence electrons. The fourth-order valence-corrected chi connectivity index (χ4v) is 4.90. The first-order valence-corrected chi connectivity index (χ1v) is 10.6. The van der Waals surface area contributed by atoms with E-state index in [9.17, 15) is 18.0 Å². The standard InChI is InChI=1S/C17H21N5O5S/c18-21-19-6-7-27-8-9-28(25,26)15-3-1-2-12-10-22(11-13(12)15)14-4-5-16(23)20-17(14)24/h1-3,14H,4-11H2,(H,20,23,24). The van der Waals surface area contributed by atoms with Gasteiger partial charge in [-0.3, -0.25) is 19.8 Å². The molecule has 0 bridgehead atoms. The van der Waals surface area contributed by atoms with Crippen molar-refractivity contribution >= 4 is 21.7 Å². The molecule has 1 saturated heterocycles. The van der Waals surface area contributed by atoms with Crippen molar-refractivity contribution in [2.75, 3.05) is 25.5 Å². The summed E-state index contributed by atoms with van der Waals surface area (Å²) in [7, 11) is -3.56. The molecular weight excluding hydrogens is 386 g/mol. The Balaban J connectivity index is 1.68. The van der Waals surface area contributed by atoms with Gasteiger partial charge in [0.1, 0.15) is 0 Å². The maximum Gasteiger partial charge on any atom is 0.243 e. The number of amides is 2. The molecule has 1 aromatic carbocycles. The number of azide groups is 1. The number of carbonyl (C=O) groups excluding carboxylic acids is 2. The molecule has 2 aliphatic heterocycles. The van der Waals surface area contributed by atoms with Crippen LogP contribution in [0.4, 0.5) is 0 Å². The van der Waals surface area contributed by atoms with Crippen LogP contribution in [0.15, 0.2) is 28.2 Å². The minimum absolute atomic E-state index is 0.00378. The number of ether oxygens (including phenoxy) is 1. The summed E-state index contributed by atoms with van der Waals surface area (Å²) in [5.41, 5.74) is 9.76. The van der Waals surface area contributed by atoms with Crippen molar-refractivity contribution in [2.45, 2.75) is 36.9 Å². The third-order valence-electron chi connectivity index (χ3n) is 4.85. The Hall–Kier alpha value is -2.46. The van der Waals surface area contributed by atoms with Crippen LogP contribution in [-0.2, 0) is 37.3 Å². The Morgan fingerprint density at radius 3 is 2.86 bits per heavy atom. The SMILES string of the molecule is [N-]=[N+]=NCCOCCS(=O)(=O)c1cccc2c1CN(C1CCC(=O)NC1=O)C2. The van der Waals surface area contributed by atoms with Gasteiger partial charge >= 0.3 is 0 Å². The summed E-state index contributed by atoms with van der Waals surface area (Å²) in [6, 6.07) is 4.69. The largest absolute Gasteiger partial charge is 0.380 e. The first-order chi connectivity index (χ1) is 13.4. The van der Waals surface area contributed by atoms with Gasteiger partial charge in [0.15, 0.2) is 9.84 Å². The van der Waals surface area contributed by atoms with E-state index in [4.69, 9.17) is 10.3 Å². The second-order valence-corrected chi connectivity index (χ2v) is 8.73. The van der Waals surface area contributed by atoms with E-state index >= 15 is 0 Å². The Morgan fingerprint density at radius 1 is 1.29 bits per heavy atom. The topological polar surface area (TPSA) is 142 Å². The molecule has 11 heteroatoms. The van der Waals surface area contributed by atoms with Gasteiger partial charge in [-0.15, -0.1) is 0 Å². The minimum Gasteiger partial charge on any atom is -0.380 e. The molecule has 28 heavy (non-hydrogen) atoms. The molecule has 1 aromatic rings. The minimum atomic E-state index is -3.56. The number of fused-ring (bicyclic) bond motifs is 1. The summed E-state index contributed by atoms with van der Waals surface area (Å²) in [4.78, 5) is 28.2. The monoisotopic (exact) mass is 407 g/mol. The van der Waals surface area contributed by atoms with Crippen LogP contribution in [-0.4, -0.2) is 56.7 Å². The molecule has 10 nitrogen and oxygen atoms in total. The summed E-state index contributed by atoms with van der Waals surface area (Å²) < 4.78 is 30.7. The second kappa shape index (κ2) is 8.70. The van der Waals surface area contributed by atoms with Gasteiger partial charge in [-0.05, 0) is 29.1 Å². The van der Waals surface area contributed by atoms with Crippen LogP contribution in [0.5, 0.6) is 0 Å². The van der Waals surface area contributed by atoms with Crippen molar-refractivity contribution in [3.05, 3.63) is 39.8 Å². The van der Waals surface area contributed by atoms with Crippen molar-refractivity contribution in [1.82, 2.24) is 10.2 Å². The van der Waals surface area contributed by atoms with Gasteiger partial charge < -0.3 is 4.74 Å². The molecule has 1 atom stereocenters. The van der Waals surface area contributed by atoms with Crippen molar-refractivity contribution in [3.63, 3.8) is 0 Å². The summed E-state index contributed by atoms with van der Waals surface area (Å²) in [6.45, 7) is 1.13. The maximum atomic E-state index is 12.8. The van der Waals surface area contributed by atoms with Gasteiger partial charge in [0.2, 0.25) is 11.8 Å². The molecule has 2 heterocycles. The number of nitrogens with one attached hydrogen (secondary N) is 1. The van der Waals surface area contributed by atoms with E-state index < -0.39 is 15.9 Å². The molecule has 2 aliphatic rings. The van der Waals surface area contributed by atoms with Crippen LogP contribution in [0, 0.1) is 0 Å². The summed E-state index contributed by atoms with van der Waals surface area (Å²) in [5, 5.41) is 5.66. The van der Waals surface area contributed by atoms with Gasteiger partial charge in [0.05, 0.1) is 29.9 Å². The van der Waals surface area contributed by atoms with Crippen LogP contribution in [0.1, 0.15) is 24.0 Å². The Bertz CT molecular complexity index is 926. The molecule has 1 unspecified atom stereocenters. The molecule has 0 aliphatic carbocycles. The number of sulfone groups is 1. The van der Waals surface area contributed by atoms with Crippen LogP contribution >= 0.6 is 0 Å². The molecule has 2 amide bonds. The van der Waals surface area contributed by atoms with Crippen LogP contribution < -0.4 is 5.32 Å². The van der Waals surface area contributed by atoms with E-state index in [-0.39, 0.29) is 48.6 Å². The lowest BCUT2D eigenvalue weighted by atomic mass is 10.0. The molecule has 3 rings (SSSR count). The number of imide groups is 1. The number of hydrogen-bond donors (Lipinski definition) is 1. The van der Waals surface area contributed by atoms with Crippen LogP contribution in [0.2, 0.25) is 0 Å².